The summed E-state index contributed by atoms with van der Waals surface area (Å²) < 4.78 is 13.0. The van der Waals surface area contributed by atoms with E-state index in [1.165, 1.54) is 12.1 Å². The van der Waals surface area contributed by atoms with E-state index in [2.05, 4.69) is 0 Å². The molecule has 0 spiro atoms. The van der Waals surface area contributed by atoms with Crippen LogP contribution in [-0.2, 0) is 0 Å². The molecule has 1 rings (SSSR count). The van der Waals surface area contributed by atoms with Gasteiger partial charge in [0.2, 0.25) is 0 Å². The van der Waals surface area contributed by atoms with Crippen molar-refractivity contribution in [3.8, 4) is 6.07 Å². The summed E-state index contributed by atoms with van der Waals surface area (Å²) in [6, 6.07) is 5.27. The molecule has 0 aliphatic heterocycles. The van der Waals surface area contributed by atoms with E-state index >= 15 is 0 Å². The van der Waals surface area contributed by atoms with Crippen LogP contribution < -0.4 is 11.3 Å². The zero-order valence-electron chi connectivity index (χ0n) is 6.95. The highest BCUT2D eigenvalue weighted by atomic mass is 35.5. The van der Waals surface area contributed by atoms with Crippen molar-refractivity contribution in [3.63, 3.8) is 0 Å². The van der Waals surface area contributed by atoms with Crippen LogP contribution in [0.15, 0.2) is 18.2 Å². The van der Waals surface area contributed by atoms with Gasteiger partial charge in [-0.25, -0.2) is 10.2 Å². The second-order valence-corrected chi connectivity index (χ2v) is 2.28. The number of carbonyl (C=O) groups is 1. The molecule has 0 atom stereocenters. The lowest BCUT2D eigenvalue weighted by Crippen LogP contribution is -2.30. The quantitative estimate of drug-likeness (QED) is 0.412. The first-order valence-electron chi connectivity index (χ1n) is 3.39. The van der Waals surface area contributed by atoms with Crippen LogP contribution in [0.3, 0.4) is 0 Å². The number of hydrogen-bond acceptors (Lipinski definition) is 3. The third kappa shape index (κ3) is 2.42. The lowest BCUT2D eigenvalue weighted by molar-refractivity contribution is 0.0949. The monoisotopic (exact) mass is 215 g/mol. The van der Waals surface area contributed by atoms with E-state index in [4.69, 9.17) is 11.1 Å². The number of carbonyl (C=O) groups excluding carboxylic acids is 1. The third-order valence-electron chi connectivity index (χ3n) is 1.47. The maximum absolute atomic E-state index is 13.0. The third-order valence-corrected chi connectivity index (χ3v) is 1.47. The topological polar surface area (TPSA) is 78.9 Å². The molecule has 0 aromatic heterocycles. The number of nitrogens with zero attached hydrogens (tertiary/aromatic N) is 1. The van der Waals surface area contributed by atoms with Gasteiger partial charge in [-0.3, -0.25) is 10.2 Å². The van der Waals surface area contributed by atoms with Crippen molar-refractivity contribution < 1.29 is 9.18 Å². The van der Waals surface area contributed by atoms with E-state index in [0.29, 0.717) is 0 Å². The first kappa shape index (κ1) is 12.4. The van der Waals surface area contributed by atoms with E-state index in [-0.39, 0.29) is 23.5 Å². The first-order valence-corrected chi connectivity index (χ1v) is 3.39. The molecule has 0 unspecified atom stereocenters. The van der Waals surface area contributed by atoms with Gasteiger partial charge in [-0.15, -0.1) is 12.4 Å². The summed E-state index contributed by atoms with van der Waals surface area (Å²) in [6.45, 7) is 0. The Balaban J connectivity index is 0.00000169. The van der Waals surface area contributed by atoms with Crippen molar-refractivity contribution in [1.82, 2.24) is 5.43 Å². The highest BCUT2D eigenvalue weighted by Gasteiger charge is 2.10. The number of nitrogens with two attached hydrogens (primary N) is 1. The largest absolute Gasteiger partial charge is 0.290 e. The molecule has 1 amide bonds. The average molecular weight is 216 g/mol. The van der Waals surface area contributed by atoms with Crippen LogP contribution in [0.1, 0.15) is 15.9 Å². The Morgan fingerprint density at radius 2 is 2.21 bits per heavy atom. The molecule has 3 N–H and O–H groups in total. The number of halogens is 2. The lowest BCUT2D eigenvalue weighted by atomic mass is 10.1. The van der Waals surface area contributed by atoms with Crippen LogP contribution in [0.2, 0.25) is 0 Å². The Morgan fingerprint density at radius 1 is 1.57 bits per heavy atom. The van der Waals surface area contributed by atoms with Crippen molar-refractivity contribution in [2.24, 2.45) is 5.84 Å². The molecule has 14 heavy (non-hydrogen) atoms. The summed E-state index contributed by atoms with van der Waals surface area (Å²) in [5.41, 5.74) is 1.78. The minimum absolute atomic E-state index is 0. The number of hydrogen-bond donors (Lipinski definition) is 2. The highest BCUT2D eigenvalue weighted by Crippen LogP contribution is 2.09. The van der Waals surface area contributed by atoms with Gasteiger partial charge in [0, 0.05) is 0 Å². The van der Waals surface area contributed by atoms with Gasteiger partial charge < -0.3 is 0 Å². The van der Waals surface area contributed by atoms with Gasteiger partial charge in [-0.1, -0.05) is 0 Å². The van der Waals surface area contributed by atoms with E-state index in [1.807, 2.05) is 0 Å². The minimum Gasteiger partial charge on any atom is -0.290 e. The van der Waals surface area contributed by atoms with Gasteiger partial charge in [0.1, 0.15) is 5.82 Å². The van der Waals surface area contributed by atoms with Crippen molar-refractivity contribution in [3.05, 3.63) is 35.1 Å². The Bertz CT molecular complexity index is 389. The Morgan fingerprint density at radius 3 is 2.64 bits per heavy atom. The van der Waals surface area contributed by atoms with Gasteiger partial charge >= 0.3 is 0 Å². The maximum atomic E-state index is 13.0. The molecule has 0 saturated heterocycles. The lowest BCUT2D eigenvalue weighted by Gasteiger charge is -2.00. The van der Waals surface area contributed by atoms with E-state index in [9.17, 15) is 9.18 Å². The summed E-state index contributed by atoms with van der Waals surface area (Å²) in [4.78, 5) is 10.9. The molecular weight excluding hydrogens is 209 g/mol. The van der Waals surface area contributed by atoms with Crippen molar-refractivity contribution in [2.45, 2.75) is 0 Å². The predicted octanol–water partition coefficient (Wildman–Crippen LogP) is 0.723. The van der Waals surface area contributed by atoms with Crippen LogP contribution in [0.25, 0.3) is 0 Å². The van der Waals surface area contributed by atoms with Crippen molar-refractivity contribution in [2.75, 3.05) is 0 Å². The zero-order chi connectivity index (χ0) is 9.84. The number of nitrogen functional groups attached to an aromatic ring is 1. The molecule has 0 heterocycles. The summed E-state index contributed by atoms with van der Waals surface area (Å²) in [5.74, 6) is 3.33. The van der Waals surface area contributed by atoms with Gasteiger partial charge in [0.25, 0.3) is 5.91 Å². The van der Waals surface area contributed by atoms with E-state index < -0.39 is 11.7 Å². The zero-order valence-corrected chi connectivity index (χ0v) is 7.77. The number of rotatable bonds is 1. The van der Waals surface area contributed by atoms with Gasteiger partial charge in [0.15, 0.2) is 0 Å². The molecule has 74 valence electrons. The van der Waals surface area contributed by atoms with Crippen molar-refractivity contribution in [1.29, 1.82) is 5.26 Å². The number of amides is 1. The van der Waals surface area contributed by atoms with Crippen molar-refractivity contribution >= 4 is 18.3 Å². The fourth-order valence-corrected chi connectivity index (χ4v) is 0.847. The molecule has 0 radical (unpaired) electrons. The SMILES string of the molecule is Cl.N#Cc1ccc(C(=O)NN)c(F)c1. The standard InChI is InChI=1S/C8H6FN3O.ClH/c9-7-3-5(4-10)1-2-6(7)8(13)12-11;/h1-3H,11H2,(H,12,13);1H. The highest BCUT2D eigenvalue weighted by molar-refractivity contribution is 5.94. The second-order valence-electron chi connectivity index (χ2n) is 2.28. The molecule has 4 nitrogen and oxygen atoms in total. The Labute approximate surface area is 85.9 Å². The van der Waals surface area contributed by atoms with Gasteiger partial charge in [-0.2, -0.15) is 5.26 Å². The van der Waals surface area contributed by atoms with Gasteiger partial charge in [0.05, 0.1) is 17.2 Å². The fraction of sp³-hybridized carbons (Fsp3) is 0. The smallest absolute Gasteiger partial charge is 0.268 e. The van der Waals surface area contributed by atoms with E-state index in [0.717, 1.165) is 6.07 Å². The van der Waals surface area contributed by atoms with E-state index in [1.54, 1.807) is 11.5 Å². The number of benzene rings is 1. The molecular formula is C8H7ClFN3O. The van der Waals surface area contributed by atoms with Crippen LogP contribution in [0.5, 0.6) is 0 Å². The summed E-state index contributed by atoms with van der Waals surface area (Å²) in [7, 11) is 0. The Hall–Kier alpha value is -1.64. The summed E-state index contributed by atoms with van der Waals surface area (Å²) in [6.07, 6.45) is 0. The summed E-state index contributed by atoms with van der Waals surface area (Å²) >= 11 is 0. The van der Waals surface area contributed by atoms with Crippen LogP contribution in [0.4, 0.5) is 4.39 Å². The number of hydrazine groups is 1. The molecule has 1 aromatic rings. The Kier molecular flexibility index (Phi) is 4.56. The second kappa shape index (κ2) is 5.17. The average Bonchev–Trinajstić information content (AvgIpc) is 2.16. The fourth-order valence-electron chi connectivity index (χ4n) is 0.847. The molecule has 0 aliphatic rings. The molecule has 0 saturated carbocycles. The summed E-state index contributed by atoms with van der Waals surface area (Å²) in [5, 5.41) is 8.41. The van der Waals surface area contributed by atoms with Crippen LogP contribution in [-0.4, -0.2) is 5.91 Å². The molecule has 6 heteroatoms. The van der Waals surface area contributed by atoms with Gasteiger partial charge in [-0.05, 0) is 18.2 Å². The molecule has 0 aliphatic carbocycles. The predicted molar refractivity (Wildman–Crippen MR) is 50.0 cm³/mol. The molecule has 0 bridgehead atoms. The minimum atomic E-state index is -0.762. The maximum Gasteiger partial charge on any atom is 0.268 e. The normalized spacial score (nSPS) is 8.36. The molecule has 0 fully saturated rings. The first-order chi connectivity index (χ1) is 6.19. The van der Waals surface area contributed by atoms with Crippen LogP contribution >= 0.6 is 12.4 Å². The number of nitrogens with one attached hydrogen (secondary N) is 1. The number of nitriles is 1. The van der Waals surface area contributed by atoms with Crippen LogP contribution in [0, 0.1) is 17.1 Å². The molecule has 1 aromatic carbocycles.